The summed E-state index contributed by atoms with van der Waals surface area (Å²) in [6.45, 7) is 0. The van der Waals surface area contributed by atoms with E-state index < -0.39 is 0 Å². The average molecular weight is 741 g/mol. The lowest BCUT2D eigenvalue weighted by atomic mass is 10.0. The fraction of sp³-hybridized carbons (Fsp3) is 0. The zero-order valence-corrected chi connectivity index (χ0v) is 31.2. The van der Waals surface area contributed by atoms with Crippen LogP contribution in [0.5, 0.6) is 0 Å². The van der Waals surface area contributed by atoms with E-state index in [2.05, 4.69) is 137 Å². The Morgan fingerprint density at radius 2 is 0.793 bits per heavy atom. The molecule has 0 aliphatic rings. The molecule has 0 aliphatic carbocycles. The van der Waals surface area contributed by atoms with Gasteiger partial charge in [0.1, 0.15) is 0 Å². The van der Waals surface area contributed by atoms with Crippen molar-refractivity contribution in [1.82, 2.24) is 24.1 Å². The topological polar surface area (TPSA) is 72.3 Å². The van der Waals surface area contributed by atoms with Crippen molar-refractivity contribution < 1.29 is 0 Å². The molecule has 0 N–H and O–H groups in total. The molecule has 0 atom stereocenters. The number of fused-ring (bicyclic) bond motifs is 6. The summed E-state index contributed by atoms with van der Waals surface area (Å²) in [6.07, 6.45) is 0. The van der Waals surface area contributed by atoms with Crippen molar-refractivity contribution in [2.24, 2.45) is 0 Å². The molecule has 0 fully saturated rings. The predicted octanol–water partition coefficient (Wildman–Crippen LogP) is 12.6. The molecule has 270 valence electrons. The van der Waals surface area contributed by atoms with Gasteiger partial charge in [0.25, 0.3) is 0 Å². The number of benzene rings is 8. The highest BCUT2D eigenvalue weighted by molar-refractivity contribution is 6.12. The van der Waals surface area contributed by atoms with E-state index in [0.29, 0.717) is 28.6 Å². The van der Waals surface area contributed by atoms with Gasteiger partial charge in [0.15, 0.2) is 17.5 Å². The highest BCUT2D eigenvalue weighted by atomic mass is 15.0. The Kier molecular flexibility index (Phi) is 7.76. The van der Waals surface area contributed by atoms with Gasteiger partial charge in [-0.05, 0) is 77.9 Å². The van der Waals surface area contributed by atoms with Crippen molar-refractivity contribution in [3.63, 3.8) is 0 Å². The molecule has 6 heteroatoms. The molecule has 11 rings (SSSR count). The Balaban J connectivity index is 1.04. The molecule has 3 aromatic heterocycles. The van der Waals surface area contributed by atoms with Crippen LogP contribution in [0.2, 0.25) is 0 Å². The third-order valence-electron chi connectivity index (χ3n) is 11.0. The zero-order chi connectivity index (χ0) is 38.6. The van der Waals surface area contributed by atoms with Crippen LogP contribution in [0.25, 0.3) is 100 Å². The van der Waals surface area contributed by atoms with Crippen molar-refractivity contribution in [2.75, 3.05) is 0 Å². The summed E-state index contributed by atoms with van der Waals surface area (Å²) in [7, 11) is 0. The molecule has 6 nitrogen and oxygen atoms in total. The molecular formula is C52H32N6. The number of nitrogens with zero attached hydrogens (tertiary/aromatic N) is 6. The number of hydrogen-bond acceptors (Lipinski definition) is 4. The smallest absolute Gasteiger partial charge is 0.165 e. The molecule has 58 heavy (non-hydrogen) atoms. The van der Waals surface area contributed by atoms with Crippen molar-refractivity contribution in [1.29, 1.82) is 5.26 Å². The lowest BCUT2D eigenvalue weighted by Crippen LogP contribution is -2.02. The highest BCUT2D eigenvalue weighted by Crippen LogP contribution is 2.39. The molecule has 0 saturated heterocycles. The van der Waals surface area contributed by atoms with Crippen LogP contribution in [0.15, 0.2) is 194 Å². The van der Waals surface area contributed by atoms with Crippen LogP contribution in [0.1, 0.15) is 5.56 Å². The Morgan fingerprint density at radius 3 is 1.33 bits per heavy atom. The molecule has 0 spiro atoms. The van der Waals surface area contributed by atoms with Crippen molar-refractivity contribution >= 4 is 43.6 Å². The highest BCUT2D eigenvalue weighted by Gasteiger charge is 2.19. The molecular weight excluding hydrogens is 709 g/mol. The lowest BCUT2D eigenvalue weighted by Gasteiger charge is -2.12. The largest absolute Gasteiger partial charge is 0.309 e. The maximum absolute atomic E-state index is 10.6. The number of hydrogen-bond donors (Lipinski definition) is 0. The first-order valence-corrected chi connectivity index (χ1v) is 19.3. The SMILES string of the molecule is N#Cc1cc(-n2c3ccccc3c3cc(-c4ccc5c(c4)c4ccccc4n5-c4ccccc4)ccc32)ccc1-c1nc(-c2ccccc2)nc(-c2ccccc2)n1. The minimum absolute atomic E-state index is 0.450. The quantitative estimate of drug-likeness (QED) is 0.170. The molecule has 0 unspecified atom stereocenters. The standard InChI is InChI=1S/C52H32N6/c53-33-38-30-40(26-27-41(38)52-55-50(34-14-4-1-5-15-34)54-51(56-52)35-16-6-2-7-17-35)58-47-23-13-11-21-43(47)45-32-37(25-29-49(45)58)36-24-28-48-44(31-36)42-20-10-12-22-46(42)57(48)39-18-8-3-9-19-39/h1-32H. The number of rotatable bonds is 6. The number of nitriles is 1. The Morgan fingerprint density at radius 1 is 0.345 bits per heavy atom. The molecule has 8 aromatic carbocycles. The minimum Gasteiger partial charge on any atom is -0.309 e. The maximum atomic E-state index is 10.6. The van der Waals surface area contributed by atoms with Gasteiger partial charge in [0.05, 0.1) is 33.7 Å². The molecule has 0 radical (unpaired) electrons. The second kappa shape index (κ2) is 13.6. The Bertz CT molecular complexity index is 3340. The van der Waals surface area contributed by atoms with E-state index in [4.69, 9.17) is 15.0 Å². The first-order valence-electron chi connectivity index (χ1n) is 19.3. The fourth-order valence-corrected chi connectivity index (χ4v) is 8.33. The van der Waals surface area contributed by atoms with Crippen LogP contribution in [0.4, 0.5) is 0 Å². The van der Waals surface area contributed by atoms with E-state index in [-0.39, 0.29) is 0 Å². The summed E-state index contributed by atoms with van der Waals surface area (Å²) in [6, 6.07) is 69.3. The summed E-state index contributed by atoms with van der Waals surface area (Å²) < 4.78 is 4.59. The second-order valence-corrected chi connectivity index (χ2v) is 14.4. The van der Waals surface area contributed by atoms with E-state index in [1.54, 1.807) is 0 Å². The van der Waals surface area contributed by atoms with E-state index in [1.807, 2.05) is 72.8 Å². The van der Waals surface area contributed by atoms with Crippen molar-refractivity contribution in [3.05, 3.63) is 200 Å². The van der Waals surface area contributed by atoms with Gasteiger partial charge in [0.2, 0.25) is 0 Å². The van der Waals surface area contributed by atoms with Gasteiger partial charge in [-0.15, -0.1) is 0 Å². The first kappa shape index (κ1) is 33.2. The Hall–Kier alpha value is -8.14. The Labute approximate surface area is 334 Å². The van der Waals surface area contributed by atoms with Crippen LogP contribution in [0.3, 0.4) is 0 Å². The van der Waals surface area contributed by atoms with Crippen LogP contribution in [0, 0.1) is 11.3 Å². The molecule has 3 heterocycles. The zero-order valence-electron chi connectivity index (χ0n) is 31.2. The summed E-state index contributed by atoms with van der Waals surface area (Å²) in [5, 5.41) is 15.4. The minimum atomic E-state index is 0.450. The average Bonchev–Trinajstić information content (AvgIpc) is 3.82. The van der Waals surface area contributed by atoms with Gasteiger partial charge in [-0.1, -0.05) is 127 Å². The molecule has 0 amide bonds. The van der Waals surface area contributed by atoms with Crippen LogP contribution in [-0.4, -0.2) is 24.1 Å². The second-order valence-electron chi connectivity index (χ2n) is 14.4. The van der Waals surface area contributed by atoms with Crippen LogP contribution < -0.4 is 0 Å². The molecule has 0 aliphatic heterocycles. The summed E-state index contributed by atoms with van der Waals surface area (Å²) >= 11 is 0. The van der Waals surface area contributed by atoms with Gasteiger partial charge in [0, 0.05) is 49.6 Å². The normalized spacial score (nSPS) is 11.4. The van der Waals surface area contributed by atoms with Gasteiger partial charge >= 0.3 is 0 Å². The third-order valence-corrected chi connectivity index (χ3v) is 11.0. The molecule has 0 bridgehead atoms. The summed E-state index contributed by atoms with van der Waals surface area (Å²) in [4.78, 5) is 14.7. The fourth-order valence-electron chi connectivity index (χ4n) is 8.33. The first-order chi connectivity index (χ1) is 28.7. The van der Waals surface area contributed by atoms with Crippen molar-refractivity contribution in [3.8, 4) is 62.7 Å². The molecule has 11 aromatic rings. The van der Waals surface area contributed by atoms with Gasteiger partial charge in [-0.3, -0.25) is 0 Å². The number of para-hydroxylation sites is 3. The van der Waals surface area contributed by atoms with E-state index in [0.717, 1.165) is 55.4 Å². The van der Waals surface area contributed by atoms with Gasteiger partial charge in [-0.25, -0.2) is 15.0 Å². The van der Waals surface area contributed by atoms with E-state index >= 15 is 0 Å². The van der Waals surface area contributed by atoms with Gasteiger partial charge in [-0.2, -0.15) is 5.26 Å². The third kappa shape index (κ3) is 5.45. The molecule has 0 saturated carbocycles. The van der Waals surface area contributed by atoms with E-state index in [1.165, 1.54) is 21.8 Å². The lowest BCUT2D eigenvalue weighted by molar-refractivity contribution is 1.07. The monoisotopic (exact) mass is 740 g/mol. The van der Waals surface area contributed by atoms with Crippen molar-refractivity contribution in [2.45, 2.75) is 0 Å². The summed E-state index contributed by atoms with van der Waals surface area (Å²) in [5.74, 6) is 1.56. The van der Waals surface area contributed by atoms with E-state index in [9.17, 15) is 5.26 Å². The predicted molar refractivity (Wildman–Crippen MR) is 235 cm³/mol. The van der Waals surface area contributed by atoms with Gasteiger partial charge < -0.3 is 9.13 Å². The van der Waals surface area contributed by atoms with Crippen LogP contribution >= 0.6 is 0 Å². The summed E-state index contributed by atoms with van der Waals surface area (Å²) in [5.41, 5.74) is 11.7. The number of aromatic nitrogens is 5. The van der Waals surface area contributed by atoms with Crippen LogP contribution in [-0.2, 0) is 0 Å². The maximum Gasteiger partial charge on any atom is 0.165 e.